The molecule has 22 heavy (non-hydrogen) atoms. The fourth-order valence-electron chi connectivity index (χ4n) is 2.60. The molecule has 1 aliphatic rings. The number of carbonyl (C=O) groups is 2. The molecular weight excluding hydrogens is 296 g/mol. The number of anilines is 1. The van der Waals surface area contributed by atoms with Crippen LogP contribution < -0.4 is 5.32 Å². The van der Waals surface area contributed by atoms with E-state index >= 15 is 0 Å². The second kappa shape index (κ2) is 8.83. The van der Waals surface area contributed by atoms with Gasteiger partial charge in [-0.3, -0.25) is 9.59 Å². The standard InChI is InChI=1S/C17H24N2O2S/c1-2-14-8-4-5-9-15(14)18-16(20)12-22-13-17(21)19-10-6-3-7-11-19/h4-5,8-9H,2-3,6-7,10-13H2,1H3,(H,18,20). The van der Waals surface area contributed by atoms with Crippen LogP contribution in [0.15, 0.2) is 24.3 Å². The van der Waals surface area contributed by atoms with Gasteiger partial charge in [-0.1, -0.05) is 25.1 Å². The van der Waals surface area contributed by atoms with Crippen LogP contribution in [0.4, 0.5) is 5.69 Å². The lowest BCUT2D eigenvalue weighted by Crippen LogP contribution is -2.37. The van der Waals surface area contributed by atoms with E-state index in [4.69, 9.17) is 0 Å². The van der Waals surface area contributed by atoms with Crippen LogP contribution in [0.5, 0.6) is 0 Å². The Labute approximate surface area is 136 Å². The van der Waals surface area contributed by atoms with Crippen molar-refractivity contribution in [3.8, 4) is 0 Å². The molecule has 2 rings (SSSR count). The van der Waals surface area contributed by atoms with Crippen molar-refractivity contribution >= 4 is 29.3 Å². The lowest BCUT2D eigenvalue weighted by atomic mass is 10.1. The van der Waals surface area contributed by atoms with Gasteiger partial charge >= 0.3 is 0 Å². The number of rotatable bonds is 6. The first-order chi connectivity index (χ1) is 10.7. The quantitative estimate of drug-likeness (QED) is 0.877. The average molecular weight is 320 g/mol. The monoisotopic (exact) mass is 320 g/mol. The van der Waals surface area contributed by atoms with E-state index < -0.39 is 0 Å². The van der Waals surface area contributed by atoms with Crippen LogP contribution in [-0.4, -0.2) is 41.3 Å². The number of hydrogen-bond acceptors (Lipinski definition) is 3. The van der Waals surface area contributed by atoms with E-state index in [0.29, 0.717) is 11.5 Å². The number of aryl methyl sites for hydroxylation is 1. The summed E-state index contributed by atoms with van der Waals surface area (Å²) in [4.78, 5) is 25.9. The Balaban J connectivity index is 1.72. The second-order valence-electron chi connectivity index (χ2n) is 5.49. The smallest absolute Gasteiger partial charge is 0.234 e. The average Bonchev–Trinajstić information content (AvgIpc) is 2.56. The van der Waals surface area contributed by atoms with Crippen molar-refractivity contribution in [1.82, 2.24) is 4.90 Å². The van der Waals surface area contributed by atoms with Gasteiger partial charge in [-0.2, -0.15) is 0 Å². The zero-order chi connectivity index (χ0) is 15.8. The minimum absolute atomic E-state index is 0.0441. The van der Waals surface area contributed by atoms with Crippen molar-refractivity contribution in [1.29, 1.82) is 0 Å². The van der Waals surface area contributed by atoms with Crippen LogP contribution in [0.2, 0.25) is 0 Å². The van der Waals surface area contributed by atoms with Crippen LogP contribution in [0.25, 0.3) is 0 Å². The molecule has 120 valence electrons. The molecule has 0 aliphatic carbocycles. The normalized spacial score (nSPS) is 14.7. The minimum atomic E-state index is -0.0441. The maximum absolute atomic E-state index is 12.0. The largest absolute Gasteiger partial charge is 0.342 e. The molecule has 0 saturated carbocycles. The van der Waals surface area contributed by atoms with Crippen LogP contribution >= 0.6 is 11.8 Å². The fraction of sp³-hybridized carbons (Fsp3) is 0.529. The van der Waals surface area contributed by atoms with Gasteiger partial charge < -0.3 is 10.2 Å². The molecule has 0 spiro atoms. The summed E-state index contributed by atoms with van der Waals surface area (Å²) in [5.74, 6) is 0.823. The summed E-state index contributed by atoms with van der Waals surface area (Å²) in [6.07, 6.45) is 4.31. The van der Waals surface area contributed by atoms with E-state index in [2.05, 4.69) is 12.2 Å². The van der Waals surface area contributed by atoms with Gasteiger partial charge in [0.15, 0.2) is 0 Å². The van der Waals surface area contributed by atoms with Crippen LogP contribution in [0, 0.1) is 0 Å². The Morgan fingerprint density at radius 3 is 2.59 bits per heavy atom. The van der Waals surface area contributed by atoms with Gasteiger partial charge in [-0.05, 0) is 37.3 Å². The second-order valence-corrected chi connectivity index (χ2v) is 6.48. The number of thioether (sulfide) groups is 1. The maximum atomic E-state index is 12.0. The highest BCUT2D eigenvalue weighted by Crippen LogP contribution is 2.16. The molecule has 0 unspecified atom stereocenters. The first kappa shape index (κ1) is 16.9. The fourth-order valence-corrected chi connectivity index (χ4v) is 3.32. The van der Waals surface area contributed by atoms with Crippen molar-refractivity contribution in [3.05, 3.63) is 29.8 Å². The van der Waals surface area contributed by atoms with Crippen LogP contribution in [0.3, 0.4) is 0 Å². The van der Waals surface area contributed by atoms with E-state index in [1.54, 1.807) is 0 Å². The molecule has 1 aromatic rings. The van der Waals surface area contributed by atoms with E-state index in [9.17, 15) is 9.59 Å². The first-order valence-electron chi connectivity index (χ1n) is 7.94. The van der Waals surface area contributed by atoms with E-state index in [0.717, 1.165) is 43.6 Å². The number of nitrogens with one attached hydrogen (secondary N) is 1. The SMILES string of the molecule is CCc1ccccc1NC(=O)CSCC(=O)N1CCCCC1. The molecule has 1 heterocycles. The predicted molar refractivity (Wildman–Crippen MR) is 92.2 cm³/mol. The van der Waals surface area contributed by atoms with Crippen molar-refractivity contribution in [2.24, 2.45) is 0 Å². The van der Waals surface area contributed by atoms with Gasteiger partial charge in [0.2, 0.25) is 11.8 Å². The Hall–Kier alpha value is -1.49. The summed E-state index contributed by atoms with van der Waals surface area (Å²) in [7, 11) is 0. The summed E-state index contributed by atoms with van der Waals surface area (Å²) in [6, 6.07) is 7.82. The summed E-state index contributed by atoms with van der Waals surface area (Å²) >= 11 is 1.39. The van der Waals surface area contributed by atoms with Gasteiger partial charge in [-0.15, -0.1) is 11.8 Å². The molecule has 0 bridgehead atoms. The minimum Gasteiger partial charge on any atom is -0.342 e. The molecule has 4 nitrogen and oxygen atoms in total. The van der Waals surface area contributed by atoms with E-state index in [1.807, 2.05) is 29.2 Å². The molecule has 1 N–H and O–H groups in total. The number of nitrogens with zero attached hydrogens (tertiary/aromatic N) is 1. The van der Waals surface area contributed by atoms with Gasteiger partial charge in [0, 0.05) is 18.8 Å². The zero-order valence-electron chi connectivity index (χ0n) is 13.1. The number of amides is 2. The molecule has 0 atom stereocenters. The highest BCUT2D eigenvalue weighted by atomic mass is 32.2. The summed E-state index contributed by atoms with van der Waals surface area (Å²) in [5.41, 5.74) is 2.00. The molecule has 5 heteroatoms. The Morgan fingerprint density at radius 2 is 1.86 bits per heavy atom. The number of likely N-dealkylation sites (tertiary alicyclic amines) is 1. The maximum Gasteiger partial charge on any atom is 0.234 e. The van der Waals surface area contributed by atoms with Gasteiger partial charge in [0.1, 0.15) is 0 Å². The van der Waals surface area contributed by atoms with Crippen LogP contribution in [-0.2, 0) is 16.0 Å². The Morgan fingerprint density at radius 1 is 1.14 bits per heavy atom. The summed E-state index contributed by atoms with van der Waals surface area (Å²) in [6.45, 7) is 3.81. The Bertz CT molecular complexity index is 513. The van der Waals surface area contributed by atoms with Crippen molar-refractivity contribution in [2.75, 3.05) is 29.9 Å². The van der Waals surface area contributed by atoms with Crippen molar-refractivity contribution in [2.45, 2.75) is 32.6 Å². The number of para-hydroxylation sites is 1. The molecule has 1 aromatic carbocycles. The lowest BCUT2D eigenvalue weighted by molar-refractivity contribution is -0.129. The molecule has 1 aliphatic heterocycles. The number of piperidine rings is 1. The van der Waals surface area contributed by atoms with Crippen LogP contribution in [0.1, 0.15) is 31.7 Å². The number of carbonyl (C=O) groups excluding carboxylic acids is 2. The number of benzene rings is 1. The van der Waals surface area contributed by atoms with Gasteiger partial charge in [0.05, 0.1) is 11.5 Å². The molecular formula is C17H24N2O2S. The van der Waals surface area contributed by atoms with Crippen molar-refractivity contribution in [3.63, 3.8) is 0 Å². The van der Waals surface area contributed by atoms with E-state index in [-0.39, 0.29) is 11.8 Å². The van der Waals surface area contributed by atoms with Gasteiger partial charge in [-0.25, -0.2) is 0 Å². The molecule has 1 saturated heterocycles. The highest BCUT2D eigenvalue weighted by Gasteiger charge is 2.16. The number of hydrogen-bond donors (Lipinski definition) is 1. The van der Waals surface area contributed by atoms with Crippen molar-refractivity contribution < 1.29 is 9.59 Å². The third-order valence-corrected chi connectivity index (χ3v) is 4.76. The summed E-state index contributed by atoms with van der Waals surface area (Å²) < 4.78 is 0. The van der Waals surface area contributed by atoms with Gasteiger partial charge in [0.25, 0.3) is 0 Å². The Kier molecular flexibility index (Phi) is 6.77. The molecule has 0 aromatic heterocycles. The third-order valence-electron chi connectivity index (χ3n) is 3.84. The predicted octanol–water partition coefficient (Wildman–Crippen LogP) is 2.93. The molecule has 1 fully saturated rings. The topological polar surface area (TPSA) is 49.4 Å². The third kappa shape index (κ3) is 5.05. The lowest BCUT2D eigenvalue weighted by Gasteiger charge is -2.26. The summed E-state index contributed by atoms with van der Waals surface area (Å²) in [5, 5.41) is 2.93. The molecule has 2 amide bonds. The first-order valence-corrected chi connectivity index (χ1v) is 9.09. The highest BCUT2D eigenvalue weighted by molar-refractivity contribution is 8.00. The van der Waals surface area contributed by atoms with E-state index in [1.165, 1.54) is 18.2 Å². The molecule has 0 radical (unpaired) electrons. The zero-order valence-corrected chi connectivity index (χ0v) is 14.0.